The number of aromatic nitrogens is 1. The normalized spacial score (nSPS) is 11.1. The highest BCUT2D eigenvalue weighted by molar-refractivity contribution is 7.14. The predicted octanol–water partition coefficient (Wildman–Crippen LogP) is 4.86. The number of ether oxygens (including phenoxy) is 1. The molecule has 0 unspecified atom stereocenters. The van der Waals surface area contributed by atoms with E-state index in [1.807, 2.05) is 35.7 Å². The van der Waals surface area contributed by atoms with Crippen molar-refractivity contribution < 1.29 is 13.5 Å². The molecule has 0 aliphatic carbocycles. The Morgan fingerprint density at radius 1 is 1.12 bits per heavy atom. The molecule has 0 saturated heterocycles. The monoisotopic (exact) mass is 345 g/mol. The van der Waals surface area contributed by atoms with E-state index in [0.29, 0.717) is 10.7 Å². The summed E-state index contributed by atoms with van der Waals surface area (Å²) in [6, 6.07) is 16.1. The highest BCUT2D eigenvalue weighted by Gasteiger charge is 2.04. The second kappa shape index (κ2) is 7.65. The third-order valence-corrected chi connectivity index (χ3v) is 3.78. The van der Waals surface area contributed by atoms with Crippen molar-refractivity contribution in [2.75, 3.05) is 5.43 Å². The molecule has 0 aliphatic heterocycles. The van der Waals surface area contributed by atoms with Gasteiger partial charge in [-0.1, -0.05) is 42.5 Å². The number of nitrogens with one attached hydrogen (secondary N) is 1. The Morgan fingerprint density at radius 2 is 1.96 bits per heavy atom. The molecule has 3 aromatic rings. The fourth-order valence-corrected chi connectivity index (χ4v) is 2.67. The Labute approximate surface area is 141 Å². The molecule has 0 atom stereocenters. The van der Waals surface area contributed by atoms with E-state index < -0.39 is 6.61 Å². The zero-order valence-corrected chi connectivity index (χ0v) is 13.2. The number of rotatable bonds is 6. The molecule has 0 amide bonds. The van der Waals surface area contributed by atoms with Gasteiger partial charge in [0, 0.05) is 10.9 Å². The highest BCUT2D eigenvalue weighted by Crippen LogP contribution is 2.24. The molecule has 1 N–H and O–H groups in total. The van der Waals surface area contributed by atoms with Gasteiger partial charge >= 0.3 is 6.61 Å². The maximum absolute atomic E-state index is 12.2. The lowest BCUT2D eigenvalue weighted by molar-refractivity contribution is -0.0498. The molecule has 122 valence electrons. The first kappa shape index (κ1) is 16.1. The third-order valence-electron chi connectivity index (χ3n) is 3.03. The molecule has 0 saturated carbocycles. The van der Waals surface area contributed by atoms with Gasteiger partial charge < -0.3 is 4.74 Å². The summed E-state index contributed by atoms with van der Waals surface area (Å²) in [5.74, 6) is 0.0922. The summed E-state index contributed by atoms with van der Waals surface area (Å²) in [4.78, 5) is 4.44. The van der Waals surface area contributed by atoms with E-state index in [1.54, 1.807) is 12.1 Å². The lowest BCUT2D eigenvalue weighted by Gasteiger charge is -2.04. The number of alkyl halides is 2. The molecule has 0 spiro atoms. The Balaban J connectivity index is 1.64. The Hall–Kier alpha value is -2.80. The SMILES string of the molecule is FC(F)Oc1cccc(C=NNc2nc(-c3ccccc3)cs2)c1. The summed E-state index contributed by atoms with van der Waals surface area (Å²) in [7, 11) is 0. The number of halogens is 2. The Morgan fingerprint density at radius 3 is 2.75 bits per heavy atom. The van der Waals surface area contributed by atoms with E-state index in [0.717, 1.165) is 11.3 Å². The minimum Gasteiger partial charge on any atom is -0.435 e. The van der Waals surface area contributed by atoms with Crippen LogP contribution in [0.25, 0.3) is 11.3 Å². The van der Waals surface area contributed by atoms with Crippen molar-refractivity contribution in [3.8, 4) is 17.0 Å². The summed E-state index contributed by atoms with van der Waals surface area (Å²) in [6.45, 7) is -2.85. The van der Waals surface area contributed by atoms with Gasteiger partial charge in [0.1, 0.15) is 5.75 Å². The maximum Gasteiger partial charge on any atom is 0.387 e. The maximum atomic E-state index is 12.2. The minimum absolute atomic E-state index is 0.0922. The van der Waals surface area contributed by atoms with Crippen molar-refractivity contribution in [2.45, 2.75) is 6.61 Å². The first-order valence-electron chi connectivity index (χ1n) is 7.05. The smallest absolute Gasteiger partial charge is 0.387 e. The largest absolute Gasteiger partial charge is 0.435 e. The quantitative estimate of drug-likeness (QED) is 0.513. The topological polar surface area (TPSA) is 46.5 Å². The number of benzene rings is 2. The number of anilines is 1. The van der Waals surface area contributed by atoms with Gasteiger partial charge in [-0.25, -0.2) is 4.98 Å². The van der Waals surface area contributed by atoms with Crippen LogP contribution in [0.4, 0.5) is 13.9 Å². The number of hydrogen-bond acceptors (Lipinski definition) is 5. The van der Waals surface area contributed by atoms with Gasteiger partial charge in [0.15, 0.2) is 0 Å². The fourth-order valence-electron chi connectivity index (χ4n) is 2.00. The second-order valence-electron chi connectivity index (χ2n) is 4.72. The molecule has 3 rings (SSSR count). The number of hydrogen-bond donors (Lipinski definition) is 1. The van der Waals surface area contributed by atoms with E-state index in [4.69, 9.17) is 0 Å². The molecule has 24 heavy (non-hydrogen) atoms. The van der Waals surface area contributed by atoms with Crippen LogP contribution in [0.1, 0.15) is 5.56 Å². The Bertz CT molecular complexity index is 821. The molecule has 1 aromatic heterocycles. The van der Waals surface area contributed by atoms with E-state index in [9.17, 15) is 8.78 Å². The molecule has 1 heterocycles. The van der Waals surface area contributed by atoms with Gasteiger partial charge in [-0.05, 0) is 17.7 Å². The molecular weight excluding hydrogens is 332 g/mol. The van der Waals surface area contributed by atoms with E-state index >= 15 is 0 Å². The number of hydrazone groups is 1. The van der Waals surface area contributed by atoms with E-state index in [2.05, 4.69) is 20.2 Å². The fraction of sp³-hybridized carbons (Fsp3) is 0.0588. The van der Waals surface area contributed by atoms with Crippen molar-refractivity contribution in [1.82, 2.24) is 4.98 Å². The number of thiazole rings is 1. The van der Waals surface area contributed by atoms with Crippen molar-refractivity contribution in [3.05, 3.63) is 65.5 Å². The van der Waals surface area contributed by atoms with Crippen LogP contribution < -0.4 is 10.2 Å². The van der Waals surface area contributed by atoms with Crippen molar-refractivity contribution in [1.29, 1.82) is 0 Å². The van der Waals surface area contributed by atoms with Crippen LogP contribution in [0.15, 0.2) is 65.1 Å². The van der Waals surface area contributed by atoms with Crippen molar-refractivity contribution in [2.24, 2.45) is 5.10 Å². The highest BCUT2D eigenvalue weighted by atomic mass is 32.1. The molecule has 7 heteroatoms. The van der Waals surface area contributed by atoms with Crippen LogP contribution in [-0.2, 0) is 0 Å². The van der Waals surface area contributed by atoms with E-state index in [1.165, 1.54) is 29.7 Å². The van der Waals surface area contributed by atoms with Crippen LogP contribution in [0.5, 0.6) is 5.75 Å². The zero-order chi connectivity index (χ0) is 16.8. The standard InChI is InChI=1S/C17H13F2N3OS/c18-16(19)23-14-8-4-5-12(9-14)10-20-22-17-21-15(11-24-17)13-6-2-1-3-7-13/h1-11,16H,(H,21,22). The molecule has 0 radical (unpaired) electrons. The molecule has 0 bridgehead atoms. The van der Waals surface area contributed by atoms with Crippen LogP contribution in [0.2, 0.25) is 0 Å². The van der Waals surface area contributed by atoms with Crippen LogP contribution >= 0.6 is 11.3 Å². The van der Waals surface area contributed by atoms with Crippen LogP contribution in [-0.4, -0.2) is 17.8 Å². The van der Waals surface area contributed by atoms with Crippen molar-refractivity contribution >= 4 is 22.7 Å². The van der Waals surface area contributed by atoms with Gasteiger partial charge in [-0.2, -0.15) is 13.9 Å². The first-order chi connectivity index (χ1) is 11.7. The minimum atomic E-state index is -2.85. The summed E-state index contributed by atoms with van der Waals surface area (Å²) < 4.78 is 28.7. The molecule has 4 nitrogen and oxygen atoms in total. The summed E-state index contributed by atoms with van der Waals surface area (Å²) >= 11 is 1.43. The summed E-state index contributed by atoms with van der Waals surface area (Å²) in [5, 5.41) is 6.65. The summed E-state index contributed by atoms with van der Waals surface area (Å²) in [5.41, 5.74) is 5.37. The molecule has 0 fully saturated rings. The third kappa shape index (κ3) is 4.36. The lowest BCUT2D eigenvalue weighted by atomic mass is 10.2. The number of nitrogens with zero attached hydrogens (tertiary/aromatic N) is 2. The first-order valence-corrected chi connectivity index (χ1v) is 7.93. The molecule has 0 aliphatic rings. The Kier molecular flexibility index (Phi) is 5.12. The van der Waals surface area contributed by atoms with Gasteiger partial charge in [-0.3, -0.25) is 5.43 Å². The average Bonchev–Trinajstić information content (AvgIpc) is 3.04. The summed E-state index contributed by atoms with van der Waals surface area (Å²) in [6.07, 6.45) is 1.52. The lowest BCUT2D eigenvalue weighted by Crippen LogP contribution is -2.02. The average molecular weight is 345 g/mol. The van der Waals surface area contributed by atoms with Crippen LogP contribution in [0.3, 0.4) is 0 Å². The van der Waals surface area contributed by atoms with E-state index in [-0.39, 0.29) is 5.75 Å². The zero-order valence-electron chi connectivity index (χ0n) is 12.4. The van der Waals surface area contributed by atoms with Crippen molar-refractivity contribution in [3.63, 3.8) is 0 Å². The predicted molar refractivity (Wildman–Crippen MR) is 91.8 cm³/mol. The van der Waals surface area contributed by atoms with Gasteiger partial charge in [0.05, 0.1) is 11.9 Å². The van der Waals surface area contributed by atoms with Gasteiger partial charge in [0.2, 0.25) is 5.13 Å². The molecular formula is C17H13F2N3OS. The molecule has 2 aromatic carbocycles. The van der Waals surface area contributed by atoms with Crippen LogP contribution in [0, 0.1) is 0 Å². The van der Waals surface area contributed by atoms with Gasteiger partial charge in [0.25, 0.3) is 0 Å². The van der Waals surface area contributed by atoms with Gasteiger partial charge in [-0.15, -0.1) is 11.3 Å². The second-order valence-corrected chi connectivity index (χ2v) is 5.58.